The number of aliphatic imine (C=N–C) groups is 1. The predicted molar refractivity (Wildman–Crippen MR) is 98.9 cm³/mol. The van der Waals surface area contributed by atoms with Gasteiger partial charge in [0.1, 0.15) is 5.00 Å². The second-order valence-corrected chi connectivity index (χ2v) is 6.93. The number of nitrogens with zero attached hydrogens (tertiary/aromatic N) is 2. The molecule has 0 unspecified atom stereocenters. The van der Waals surface area contributed by atoms with Crippen LogP contribution in [0.2, 0.25) is 0 Å². The van der Waals surface area contributed by atoms with Crippen LogP contribution in [0.15, 0.2) is 23.2 Å². The summed E-state index contributed by atoms with van der Waals surface area (Å²) < 4.78 is 5.17. The Hall–Kier alpha value is -2.74. The maximum absolute atomic E-state index is 12.4. The molecule has 2 aromatic rings. The number of hydrogen-bond acceptors (Lipinski definition) is 7. The van der Waals surface area contributed by atoms with E-state index in [0.717, 1.165) is 36.1 Å². The molecule has 0 saturated carbocycles. The molecule has 1 aromatic heterocycles. The molecule has 0 spiro atoms. The van der Waals surface area contributed by atoms with Crippen LogP contribution in [-0.4, -0.2) is 28.8 Å². The fraction of sp³-hybridized carbons (Fsp3) is 0.333. The van der Waals surface area contributed by atoms with E-state index in [9.17, 15) is 20.0 Å². The highest BCUT2D eigenvalue weighted by molar-refractivity contribution is 7.16. The van der Waals surface area contributed by atoms with Crippen molar-refractivity contribution in [3.05, 3.63) is 49.9 Å². The summed E-state index contributed by atoms with van der Waals surface area (Å²) in [6.45, 7) is 2.03. The quantitative estimate of drug-likeness (QED) is 0.366. The largest absolute Gasteiger partial charge is 0.502 e. The first-order valence-corrected chi connectivity index (χ1v) is 9.16. The van der Waals surface area contributed by atoms with Crippen LogP contribution < -0.4 is 0 Å². The molecule has 0 bridgehead atoms. The zero-order valence-corrected chi connectivity index (χ0v) is 15.0. The lowest BCUT2D eigenvalue weighted by Gasteiger charge is -2.11. The monoisotopic (exact) mass is 374 g/mol. The molecule has 1 aromatic carbocycles. The highest BCUT2D eigenvalue weighted by Crippen LogP contribution is 2.40. The second kappa shape index (κ2) is 7.65. The van der Waals surface area contributed by atoms with Gasteiger partial charge in [0.25, 0.3) is 0 Å². The normalized spacial score (nSPS) is 13.6. The van der Waals surface area contributed by atoms with Gasteiger partial charge in [0, 0.05) is 22.7 Å². The van der Waals surface area contributed by atoms with Gasteiger partial charge in [0.15, 0.2) is 0 Å². The van der Waals surface area contributed by atoms with Crippen molar-refractivity contribution in [2.24, 2.45) is 4.99 Å². The number of para-hydroxylation sites is 1. The van der Waals surface area contributed by atoms with Gasteiger partial charge in [-0.05, 0) is 44.2 Å². The van der Waals surface area contributed by atoms with E-state index in [-0.39, 0.29) is 17.9 Å². The summed E-state index contributed by atoms with van der Waals surface area (Å²) in [7, 11) is 0. The van der Waals surface area contributed by atoms with Gasteiger partial charge in [-0.15, -0.1) is 11.3 Å². The van der Waals surface area contributed by atoms with E-state index in [1.165, 1.54) is 35.8 Å². The number of phenolic OH excluding ortho intramolecular Hbond substituents is 1. The lowest BCUT2D eigenvalue weighted by atomic mass is 9.95. The zero-order chi connectivity index (χ0) is 18.7. The van der Waals surface area contributed by atoms with Crippen molar-refractivity contribution in [2.45, 2.75) is 32.6 Å². The first kappa shape index (κ1) is 18.1. The molecule has 0 saturated heterocycles. The summed E-state index contributed by atoms with van der Waals surface area (Å²) >= 11 is 1.44. The van der Waals surface area contributed by atoms with Crippen molar-refractivity contribution in [1.82, 2.24) is 0 Å². The Morgan fingerprint density at radius 3 is 2.92 bits per heavy atom. The van der Waals surface area contributed by atoms with E-state index < -0.39 is 16.6 Å². The van der Waals surface area contributed by atoms with E-state index in [1.807, 2.05) is 0 Å². The fourth-order valence-corrected chi connectivity index (χ4v) is 4.21. The lowest BCUT2D eigenvalue weighted by Crippen LogP contribution is -2.09. The summed E-state index contributed by atoms with van der Waals surface area (Å²) in [4.78, 5) is 28.2. The molecule has 0 amide bonds. The van der Waals surface area contributed by atoms with Crippen LogP contribution >= 0.6 is 11.3 Å². The number of carbonyl (C=O) groups is 1. The van der Waals surface area contributed by atoms with Gasteiger partial charge < -0.3 is 9.84 Å². The van der Waals surface area contributed by atoms with Crippen molar-refractivity contribution < 1.29 is 19.6 Å². The minimum Gasteiger partial charge on any atom is -0.502 e. The summed E-state index contributed by atoms with van der Waals surface area (Å²) in [6, 6.07) is 4.23. The van der Waals surface area contributed by atoms with E-state index in [4.69, 9.17) is 4.74 Å². The Bertz CT molecular complexity index is 888. The number of aromatic hydroxyl groups is 1. The van der Waals surface area contributed by atoms with Gasteiger partial charge in [-0.25, -0.2) is 9.79 Å². The summed E-state index contributed by atoms with van der Waals surface area (Å²) in [6.07, 6.45) is 5.17. The third-order valence-corrected chi connectivity index (χ3v) is 5.40. The highest BCUT2D eigenvalue weighted by atomic mass is 32.1. The number of fused-ring (bicyclic) bond motifs is 1. The highest BCUT2D eigenvalue weighted by Gasteiger charge is 2.26. The molecule has 0 radical (unpaired) electrons. The third kappa shape index (κ3) is 3.45. The number of hydrogen-bond donors (Lipinski definition) is 1. The molecule has 7 nitrogen and oxygen atoms in total. The minimum absolute atomic E-state index is 0.223. The number of carbonyl (C=O) groups excluding carboxylic acids is 1. The SMILES string of the molecule is CCOC(=O)c1c(N=Cc2cccc([N+](=O)[O-])c2O)sc2c1CCCC2. The van der Waals surface area contributed by atoms with Crippen LogP contribution in [0.1, 0.15) is 46.1 Å². The Kier molecular flexibility index (Phi) is 5.32. The van der Waals surface area contributed by atoms with Crippen LogP contribution in [0, 0.1) is 10.1 Å². The molecule has 26 heavy (non-hydrogen) atoms. The fourth-order valence-electron chi connectivity index (χ4n) is 2.98. The third-order valence-electron chi connectivity index (χ3n) is 4.20. The number of nitro groups is 1. The number of ether oxygens (including phenoxy) is 1. The second-order valence-electron chi connectivity index (χ2n) is 5.84. The van der Waals surface area contributed by atoms with Gasteiger partial charge in [-0.3, -0.25) is 10.1 Å². The lowest BCUT2D eigenvalue weighted by molar-refractivity contribution is -0.385. The Morgan fingerprint density at radius 1 is 1.42 bits per heavy atom. The van der Waals surface area contributed by atoms with Crippen LogP contribution in [0.4, 0.5) is 10.7 Å². The molecule has 1 heterocycles. The Labute approximate surface area is 154 Å². The molecule has 0 aliphatic heterocycles. The number of esters is 1. The van der Waals surface area contributed by atoms with Gasteiger partial charge in [-0.1, -0.05) is 6.07 Å². The predicted octanol–water partition coefficient (Wildman–Crippen LogP) is 4.17. The molecular formula is C18H18N2O5S. The van der Waals surface area contributed by atoms with Crippen molar-refractivity contribution >= 4 is 34.2 Å². The average Bonchev–Trinajstić information content (AvgIpc) is 2.99. The molecule has 136 valence electrons. The maximum Gasteiger partial charge on any atom is 0.341 e. The topological polar surface area (TPSA) is 102 Å². The number of benzene rings is 1. The molecule has 3 rings (SSSR count). The molecule has 1 N–H and O–H groups in total. The van der Waals surface area contributed by atoms with Crippen molar-refractivity contribution in [1.29, 1.82) is 0 Å². The van der Waals surface area contributed by atoms with Crippen molar-refractivity contribution in [3.63, 3.8) is 0 Å². The number of aryl methyl sites for hydroxylation is 1. The molecule has 0 atom stereocenters. The van der Waals surface area contributed by atoms with Crippen LogP contribution in [0.3, 0.4) is 0 Å². The standard InChI is InChI=1S/C18H18N2O5S/c1-2-25-18(22)15-12-7-3-4-9-14(12)26-17(15)19-10-11-6-5-8-13(16(11)21)20(23)24/h5-6,8,10,21H,2-4,7,9H2,1H3. The first-order chi connectivity index (χ1) is 12.5. The van der Waals surface area contributed by atoms with Crippen LogP contribution in [0.5, 0.6) is 5.75 Å². The zero-order valence-electron chi connectivity index (χ0n) is 14.2. The number of thiophene rings is 1. The molecule has 1 aliphatic carbocycles. The molecule has 1 aliphatic rings. The van der Waals surface area contributed by atoms with Gasteiger partial charge in [0.2, 0.25) is 5.75 Å². The molecular weight excluding hydrogens is 356 g/mol. The summed E-state index contributed by atoms with van der Waals surface area (Å²) in [5, 5.41) is 21.5. The Balaban J connectivity index is 2.01. The summed E-state index contributed by atoms with van der Waals surface area (Å²) in [5.74, 6) is -0.845. The van der Waals surface area contributed by atoms with Crippen molar-refractivity contribution in [3.8, 4) is 5.75 Å². The Morgan fingerprint density at radius 2 is 2.19 bits per heavy atom. The minimum atomic E-state index is -0.652. The molecule has 8 heteroatoms. The van der Waals surface area contributed by atoms with Gasteiger partial charge >= 0.3 is 11.7 Å². The van der Waals surface area contributed by atoms with E-state index >= 15 is 0 Å². The van der Waals surface area contributed by atoms with Gasteiger partial charge in [0.05, 0.1) is 17.1 Å². The number of nitro benzene ring substituents is 1. The molecule has 0 fully saturated rings. The number of rotatable bonds is 5. The van der Waals surface area contributed by atoms with Crippen molar-refractivity contribution in [2.75, 3.05) is 6.61 Å². The summed E-state index contributed by atoms with van der Waals surface area (Å²) in [5.41, 5.74) is 1.31. The van der Waals surface area contributed by atoms with E-state index in [0.29, 0.717) is 10.6 Å². The van der Waals surface area contributed by atoms with E-state index in [1.54, 1.807) is 6.92 Å². The maximum atomic E-state index is 12.4. The first-order valence-electron chi connectivity index (χ1n) is 8.35. The van der Waals surface area contributed by atoms with E-state index in [2.05, 4.69) is 4.99 Å². The van der Waals surface area contributed by atoms with Gasteiger partial charge in [-0.2, -0.15) is 0 Å². The van der Waals surface area contributed by atoms with Crippen LogP contribution in [-0.2, 0) is 17.6 Å². The smallest absolute Gasteiger partial charge is 0.341 e. The average molecular weight is 374 g/mol. The van der Waals surface area contributed by atoms with Crippen LogP contribution in [0.25, 0.3) is 0 Å². The number of phenols is 1.